The van der Waals surface area contributed by atoms with Crippen molar-refractivity contribution in [2.24, 2.45) is 0 Å². The maximum atomic E-state index is 13.5. The number of aromatic amines is 1. The van der Waals surface area contributed by atoms with E-state index in [1.54, 1.807) is 6.07 Å². The second-order valence-electron chi connectivity index (χ2n) is 4.90. The second-order valence-corrected chi connectivity index (χ2v) is 5.31. The maximum Gasteiger partial charge on any atom is 0.123 e. The molecule has 0 fully saturated rings. The Morgan fingerprint density at radius 1 is 1.00 bits per heavy atom. The first-order valence-corrected chi connectivity index (χ1v) is 6.92. The molecule has 0 bridgehead atoms. The molecule has 0 aliphatic rings. The Kier molecular flexibility index (Phi) is 2.69. The molecule has 0 saturated heterocycles. The van der Waals surface area contributed by atoms with E-state index in [0.717, 1.165) is 33.1 Å². The number of fused-ring (bicyclic) bond motifs is 2. The van der Waals surface area contributed by atoms with E-state index in [-0.39, 0.29) is 5.82 Å². The smallest absolute Gasteiger partial charge is 0.123 e. The van der Waals surface area contributed by atoms with Gasteiger partial charge in [0.15, 0.2) is 0 Å². The molecule has 1 N–H and O–H groups in total. The molecule has 0 saturated carbocycles. The van der Waals surface area contributed by atoms with Crippen LogP contribution in [0.25, 0.3) is 33.1 Å². The first-order valence-electron chi connectivity index (χ1n) is 6.55. The standard InChI is InChI=1S/C17H10ClFN2/c18-14-8-17(21-16-4-2-1-3-11(14)16)13-9-20-15-6-5-10(19)7-12(13)15/h1-9,20H. The fourth-order valence-electron chi connectivity index (χ4n) is 2.58. The van der Waals surface area contributed by atoms with Crippen LogP contribution in [-0.2, 0) is 0 Å². The molecular weight excluding hydrogens is 287 g/mol. The molecule has 0 radical (unpaired) electrons. The topological polar surface area (TPSA) is 28.7 Å². The zero-order chi connectivity index (χ0) is 14.4. The van der Waals surface area contributed by atoms with Crippen LogP contribution >= 0.6 is 11.6 Å². The monoisotopic (exact) mass is 296 g/mol. The maximum absolute atomic E-state index is 13.5. The van der Waals surface area contributed by atoms with E-state index in [1.807, 2.05) is 36.5 Å². The zero-order valence-corrected chi connectivity index (χ0v) is 11.7. The van der Waals surface area contributed by atoms with Crippen LogP contribution in [0.5, 0.6) is 0 Å². The molecule has 0 unspecified atom stereocenters. The number of rotatable bonds is 1. The van der Waals surface area contributed by atoms with Gasteiger partial charge in [0.05, 0.1) is 16.2 Å². The molecule has 2 nitrogen and oxygen atoms in total. The third-order valence-electron chi connectivity index (χ3n) is 3.59. The van der Waals surface area contributed by atoms with Crippen molar-refractivity contribution in [2.75, 3.05) is 0 Å². The predicted octanol–water partition coefficient (Wildman–Crippen LogP) is 5.18. The van der Waals surface area contributed by atoms with Gasteiger partial charge in [0, 0.05) is 28.0 Å². The van der Waals surface area contributed by atoms with E-state index < -0.39 is 0 Å². The summed E-state index contributed by atoms with van der Waals surface area (Å²) < 4.78 is 13.5. The summed E-state index contributed by atoms with van der Waals surface area (Å²) in [7, 11) is 0. The third kappa shape index (κ3) is 1.98. The number of aromatic nitrogens is 2. The molecule has 4 rings (SSSR count). The number of H-pyrrole nitrogens is 1. The first kappa shape index (κ1) is 12.4. The van der Waals surface area contributed by atoms with Crippen LogP contribution in [0.15, 0.2) is 54.7 Å². The lowest BCUT2D eigenvalue weighted by Gasteiger charge is -2.04. The minimum Gasteiger partial charge on any atom is -0.360 e. The van der Waals surface area contributed by atoms with Crippen molar-refractivity contribution in [2.45, 2.75) is 0 Å². The van der Waals surface area contributed by atoms with E-state index >= 15 is 0 Å². The highest BCUT2D eigenvalue weighted by Gasteiger charge is 2.11. The molecule has 0 atom stereocenters. The normalized spacial score (nSPS) is 11.3. The molecule has 0 amide bonds. The number of hydrogen-bond acceptors (Lipinski definition) is 1. The number of halogens is 2. The number of hydrogen-bond donors (Lipinski definition) is 1. The Morgan fingerprint density at radius 2 is 1.86 bits per heavy atom. The lowest BCUT2D eigenvalue weighted by molar-refractivity contribution is 0.630. The Hall–Kier alpha value is -2.39. The van der Waals surface area contributed by atoms with Gasteiger partial charge in [-0.3, -0.25) is 0 Å². The summed E-state index contributed by atoms with van der Waals surface area (Å²) in [6.07, 6.45) is 1.83. The molecule has 2 aromatic heterocycles. The van der Waals surface area contributed by atoms with Crippen LogP contribution in [0.3, 0.4) is 0 Å². The van der Waals surface area contributed by atoms with Crippen molar-refractivity contribution in [1.29, 1.82) is 0 Å². The Labute approximate surface area is 125 Å². The van der Waals surface area contributed by atoms with Crippen molar-refractivity contribution in [1.82, 2.24) is 9.97 Å². The van der Waals surface area contributed by atoms with Crippen molar-refractivity contribution in [3.05, 3.63) is 65.6 Å². The quantitative estimate of drug-likeness (QED) is 0.515. The highest BCUT2D eigenvalue weighted by Crippen LogP contribution is 2.32. The summed E-state index contributed by atoms with van der Waals surface area (Å²) in [5, 5.41) is 2.35. The molecule has 0 spiro atoms. The molecule has 21 heavy (non-hydrogen) atoms. The number of pyridine rings is 1. The van der Waals surface area contributed by atoms with E-state index in [2.05, 4.69) is 9.97 Å². The number of nitrogens with one attached hydrogen (secondary N) is 1. The summed E-state index contributed by atoms with van der Waals surface area (Å²) in [6, 6.07) is 14.2. The SMILES string of the molecule is Fc1ccc2[nH]cc(-c3cc(Cl)c4ccccc4n3)c2c1. The van der Waals surface area contributed by atoms with E-state index in [0.29, 0.717) is 5.02 Å². The van der Waals surface area contributed by atoms with Gasteiger partial charge in [0.25, 0.3) is 0 Å². The van der Waals surface area contributed by atoms with Crippen LogP contribution in [0.1, 0.15) is 0 Å². The van der Waals surface area contributed by atoms with Gasteiger partial charge in [0.1, 0.15) is 5.82 Å². The average Bonchev–Trinajstić information content (AvgIpc) is 2.90. The van der Waals surface area contributed by atoms with Gasteiger partial charge >= 0.3 is 0 Å². The van der Waals surface area contributed by atoms with Crippen molar-refractivity contribution >= 4 is 33.4 Å². The molecule has 102 valence electrons. The fraction of sp³-hybridized carbons (Fsp3) is 0. The zero-order valence-electron chi connectivity index (χ0n) is 10.9. The Balaban J connectivity index is 2.02. The Bertz CT molecular complexity index is 975. The minimum absolute atomic E-state index is 0.268. The lowest BCUT2D eigenvalue weighted by Crippen LogP contribution is -1.86. The van der Waals surface area contributed by atoms with Gasteiger partial charge < -0.3 is 4.98 Å². The minimum atomic E-state index is -0.268. The van der Waals surface area contributed by atoms with Gasteiger partial charge in [-0.2, -0.15) is 0 Å². The Morgan fingerprint density at radius 3 is 2.76 bits per heavy atom. The summed E-state index contributed by atoms with van der Waals surface area (Å²) in [5.74, 6) is -0.268. The highest BCUT2D eigenvalue weighted by atomic mass is 35.5. The average molecular weight is 297 g/mol. The lowest BCUT2D eigenvalue weighted by atomic mass is 10.1. The highest BCUT2D eigenvalue weighted by molar-refractivity contribution is 6.35. The van der Waals surface area contributed by atoms with Gasteiger partial charge in [-0.25, -0.2) is 9.37 Å². The predicted molar refractivity (Wildman–Crippen MR) is 84.0 cm³/mol. The molecule has 0 aliphatic heterocycles. The number of nitrogens with zero attached hydrogens (tertiary/aromatic N) is 1. The second kappa shape index (κ2) is 4.57. The van der Waals surface area contributed by atoms with Crippen molar-refractivity contribution in [3.63, 3.8) is 0 Å². The molecule has 4 aromatic rings. The van der Waals surface area contributed by atoms with Gasteiger partial charge in [-0.15, -0.1) is 0 Å². The van der Waals surface area contributed by atoms with Gasteiger partial charge in [0.2, 0.25) is 0 Å². The molecule has 2 aromatic carbocycles. The van der Waals surface area contributed by atoms with Gasteiger partial charge in [-0.1, -0.05) is 29.8 Å². The van der Waals surface area contributed by atoms with Crippen molar-refractivity contribution < 1.29 is 4.39 Å². The molecule has 0 aliphatic carbocycles. The molecular formula is C17H10ClFN2. The largest absolute Gasteiger partial charge is 0.360 e. The van der Waals surface area contributed by atoms with E-state index in [1.165, 1.54) is 12.1 Å². The van der Waals surface area contributed by atoms with Crippen LogP contribution in [0, 0.1) is 5.82 Å². The molecule has 4 heteroatoms. The fourth-order valence-corrected chi connectivity index (χ4v) is 2.84. The van der Waals surface area contributed by atoms with Crippen LogP contribution < -0.4 is 0 Å². The number of benzene rings is 2. The summed E-state index contributed by atoms with van der Waals surface area (Å²) in [5.41, 5.74) is 3.27. The van der Waals surface area contributed by atoms with E-state index in [9.17, 15) is 4.39 Å². The molecule has 2 heterocycles. The van der Waals surface area contributed by atoms with Crippen LogP contribution in [-0.4, -0.2) is 9.97 Å². The van der Waals surface area contributed by atoms with Gasteiger partial charge in [-0.05, 0) is 30.3 Å². The summed E-state index contributed by atoms with van der Waals surface area (Å²) >= 11 is 6.34. The summed E-state index contributed by atoms with van der Waals surface area (Å²) in [4.78, 5) is 7.76. The first-order chi connectivity index (χ1) is 10.2. The van der Waals surface area contributed by atoms with Crippen molar-refractivity contribution in [3.8, 4) is 11.3 Å². The number of para-hydroxylation sites is 1. The van der Waals surface area contributed by atoms with E-state index in [4.69, 9.17) is 11.6 Å². The third-order valence-corrected chi connectivity index (χ3v) is 3.90. The van der Waals surface area contributed by atoms with Crippen LogP contribution in [0.2, 0.25) is 5.02 Å². The summed E-state index contributed by atoms with van der Waals surface area (Å²) in [6.45, 7) is 0. The van der Waals surface area contributed by atoms with Crippen LogP contribution in [0.4, 0.5) is 4.39 Å².